The molecular formula is C26H29N5O4. The van der Waals surface area contributed by atoms with Crippen molar-refractivity contribution in [1.82, 2.24) is 14.5 Å². The fraction of sp³-hybridized carbons (Fsp3) is 0.308. The number of nitrogens with one attached hydrogen (secondary N) is 1. The predicted molar refractivity (Wildman–Crippen MR) is 135 cm³/mol. The summed E-state index contributed by atoms with van der Waals surface area (Å²) in [5.41, 5.74) is 2.43. The molecule has 3 heterocycles. The first-order valence-corrected chi connectivity index (χ1v) is 11.3. The van der Waals surface area contributed by atoms with Crippen LogP contribution in [0.1, 0.15) is 32.0 Å². The smallest absolute Gasteiger partial charge is 0.416 e. The quantitative estimate of drug-likeness (QED) is 0.577. The van der Waals surface area contributed by atoms with Gasteiger partial charge in [0.05, 0.1) is 12.2 Å². The van der Waals surface area contributed by atoms with Gasteiger partial charge in [0.1, 0.15) is 12.1 Å². The van der Waals surface area contributed by atoms with Gasteiger partial charge in [0.15, 0.2) is 5.82 Å². The van der Waals surface area contributed by atoms with Gasteiger partial charge >= 0.3 is 6.09 Å². The summed E-state index contributed by atoms with van der Waals surface area (Å²) in [6.45, 7) is 5.54. The SMILES string of the molecule is CN(Cc1cc2ccccc2n1C)C(=O)C=Cc1cnc2c(c1)NC(=O)CN2C(=O)OC(C)(C)C. The van der Waals surface area contributed by atoms with E-state index in [1.54, 1.807) is 51.1 Å². The van der Waals surface area contributed by atoms with Gasteiger partial charge < -0.3 is 19.5 Å². The Labute approximate surface area is 204 Å². The lowest BCUT2D eigenvalue weighted by atomic mass is 10.2. The number of benzene rings is 1. The number of hydrogen-bond donors (Lipinski definition) is 1. The van der Waals surface area contributed by atoms with Gasteiger partial charge in [0.2, 0.25) is 11.8 Å². The topological polar surface area (TPSA) is 96.8 Å². The number of fused-ring (bicyclic) bond motifs is 2. The second-order valence-electron chi connectivity index (χ2n) is 9.54. The van der Waals surface area contributed by atoms with Crippen molar-refractivity contribution in [3.05, 3.63) is 59.9 Å². The van der Waals surface area contributed by atoms with Crippen LogP contribution < -0.4 is 10.2 Å². The van der Waals surface area contributed by atoms with Crippen LogP contribution in [0.25, 0.3) is 17.0 Å². The number of likely N-dealkylation sites (N-methyl/N-ethyl adjacent to an activating group) is 1. The lowest BCUT2D eigenvalue weighted by molar-refractivity contribution is -0.125. The molecule has 1 aromatic carbocycles. The van der Waals surface area contributed by atoms with Crippen molar-refractivity contribution < 1.29 is 19.1 Å². The summed E-state index contributed by atoms with van der Waals surface area (Å²) in [6.07, 6.45) is 3.99. The van der Waals surface area contributed by atoms with Crippen molar-refractivity contribution in [2.75, 3.05) is 23.8 Å². The molecule has 1 N–H and O–H groups in total. The van der Waals surface area contributed by atoms with Crippen molar-refractivity contribution in [2.24, 2.45) is 7.05 Å². The molecule has 0 atom stereocenters. The third kappa shape index (κ3) is 5.34. The third-order valence-corrected chi connectivity index (χ3v) is 5.58. The number of pyridine rings is 1. The number of para-hydroxylation sites is 1. The minimum absolute atomic E-state index is 0.174. The molecule has 3 aromatic rings. The van der Waals surface area contributed by atoms with Crippen molar-refractivity contribution in [3.63, 3.8) is 0 Å². The number of ether oxygens (including phenoxy) is 1. The number of aromatic nitrogens is 2. The van der Waals surface area contributed by atoms with Gasteiger partial charge in [-0.1, -0.05) is 18.2 Å². The zero-order chi connectivity index (χ0) is 25.3. The minimum atomic E-state index is -0.702. The largest absolute Gasteiger partial charge is 0.443 e. The Morgan fingerprint density at radius 2 is 1.97 bits per heavy atom. The van der Waals surface area contributed by atoms with Crippen molar-refractivity contribution >= 4 is 46.4 Å². The third-order valence-electron chi connectivity index (χ3n) is 5.58. The van der Waals surface area contributed by atoms with Gasteiger partial charge in [-0.15, -0.1) is 0 Å². The van der Waals surface area contributed by atoms with Crippen LogP contribution in [0.3, 0.4) is 0 Å². The first-order chi connectivity index (χ1) is 16.5. The highest BCUT2D eigenvalue weighted by atomic mass is 16.6. The molecule has 35 heavy (non-hydrogen) atoms. The average Bonchev–Trinajstić information content (AvgIpc) is 3.10. The molecule has 0 saturated carbocycles. The first kappa shape index (κ1) is 24.0. The fourth-order valence-electron chi connectivity index (χ4n) is 3.86. The Kier molecular flexibility index (Phi) is 6.34. The second kappa shape index (κ2) is 9.25. The zero-order valence-corrected chi connectivity index (χ0v) is 20.5. The molecule has 3 amide bonds. The number of carbonyl (C=O) groups excluding carboxylic acids is 3. The van der Waals surface area contributed by atoms with Gasteiger partial charge in [0.25, 0.3) is 0 Å². The molecule has 4 rings (SSSR count). The number of aryl methyl sites for hydroxylation is 1. The normalized spacial score (nSPS) is 13.6. The number of carbonyl (C=O) groups is 3. The van der Waals surface area contributed by atoms with Gasteiger partial charge in [-0.3, -0.25) is 14.5 Å². The van der Waals surface area contributed by atoms with Gasteiger partial charge in [-0.25, -0.2) is 9.78 Å². The van der Waals surface area contributed by atoms with E-state index in [0.29, 0.717) is 23.6 Å². The van der Waals surface area contributed by atoms with Crippen LogP contribution >= 0.6 is 0 Å². The Balaban J connectivity index is 1.47. The standard InChI is InChI=1S/C26H29N5O4/c1-26(2,3)35-25(34)31-16-22(32)28-20-12-17(14-27-24(20)31)10-11-23(33)29(4)15-19-13-18-8-6-7-9-21(18)30(19)5/h6-14H,15-16H2,1-5H3,(H,28,32). The molecule has 1 aliphatic rings. The Bertz CT molecular complexity index is 1340. The summed E-state index contributed by atoms with van der Waals surface area (Å²) >= 11 is 0. The van der Waals surface area contributed by atoms with Crippen LogP contribution in [0.4, 0.5) is 16.3 Å². The summed E-state index contributed by atoms with van der Waals surface area (Å²) in [5.74, 6) is -0.223. The van der Waals surface area contributed by atoms with Crippen LogP contribution in [0.15, 0.2) is 48.7 Å². The number of hydrogen-bond acceptors (Lipinski definition) is 5. The lowest BCUT2D eigenvalue weighted by Gasteiger charge is -2.30. The number of rotatable bonds is 4. The molecule has 9 nitrogen and oxygen atoms in total. The molecule has 2 aromatic heterocycles. The maximum atomic E-state index is 12.7. The van der Waals surface area contributed by atoms with Crippen LogP contribution in [0, 0.1) is 0 Å². The summed E-state index contributed by atoms with van der Waals surface area (Å²) < 4.78 is 7.47. The molecule has 0 saturated heterocycles. The molecule has 0 radical (unpaired) electrons. The maximum absolute atomic E-state index is 12.7. The molecule has 0 bridgehead atoms. The van der Waals surface area contributed by atoms with Crippen molar-refractivity contribution in [1.29, 1.82) is 0 Å². The van der Waals surface area contributed by atoms with E-state index in [2.05, 4.69) is 20.9 Å². The minimum Gasteiger partial charge on any atom is -0.443 e. The van der Waals surface area contributed by atoms with E-state index >= 15 is 0 Å². The van der Waals surface area contributed by atoms with Crippen LogP contribution in [0.5, 0.6) is 0 Å². The first-order valence-electron chi connectivity index (χ1n) is 11.3. The molecular weight excluding hydrogens is 446 g/mol. The molecule has 9 heteroatoms. The van der Waals surface area contributed by atoms with Crippen LogP contribution in [-0.4, -0.2) is 51.6 Å². The van der Waals surface area contributed by atoms with Crippen LogP contribution in [0.2, 0.25) is 0 Å². The lowest BCUT2D eigenvalue weighted by Crippen LogP contribution is -2.45. The molecule has 0 spiro atoms. The Hall–Kier alpha value is -4.14. The average molecular weight is 476 g/mol. The van der Waals surface area contributed by atoms with Crippen molar-refractivity contribution in [3.8, 4) is 0 Å². The summed E-state index contributed by atoms with van der Waals surface area (Å²) in [6, 6.07) is 11.8. The van der Waals surface area contributed by atoms with Crippen molar-refractivity contribution in [2.45, 2.75) is 32.9 Å². The molecule has 0 fully saturated rings. The Morgan fingerprint density at radius 3 is 2.69 bits per heavy atom. The van der Waals surface area contributed by atoms with E-state index < -0.39 is 11.7 Å². The van der Waals surface area contributed by atoms with E-state index in [9.17, 15) is 14.4 Å². The second-order valence-corrected chi connectivity index (χ2v) is 9.54. The van der Waals surface area contributed by atoms with E-state index in [1.165, 1.54) is 11.0 Å². The maximum Gasteiger partial charge on any atom is 0.416 e. The summed E-state index contributed by atoms with van der Waals surface area (Å²) in [5, 5.41) is 3.86. The number of nitrogens with zero attached hydrogens (tertiary/aromatic N) is 4. The van der Waals surface area contributed by atoms with Gasteiger partial charge in [-0.05, 0) is 56.0 Å². The van der Waals surface area contributed by atoms with E-state index in [4.69, 9.17) is 4.74 Å². The van der Waals surface area contributed by atoms with Crippen LogP contribution in [-0.2, 0) is 27.9 Å². The van der Waals surface area contributed by atoms with Gasteiger partial charge in [-0.2, -0.15) is 0 Å². The highest BCUT2D eigenvalue weighted by molar-refractivity contribution is 6.07. The fourth-order valence-corrected chi connectivity index (χ4v) is 3.86. The Morgan fingerprint density at radius 1 is 1.23 bits per heavy atom. The molecule has 1 aliphatic heterocycles. The van der Waals surface area contributed by atoms with Gasteiger partial charge in [0, 0.05) is 37.6 Å². The molecule has 0 unspecified atom stereocenters. The van der Waals surface area contributed by atoms with E-state index in [0.717, 1.165) is 16.6 Å². The van der Waals surface area contributed by atoms with E-state index in [1.807, 2.05) is 31.3 Å². The molecule has 0 aliphatic carbocycles. The highest BCUT2D eigenvalue weighted by Crippen LogP contribution is 2.29. The predicted octanol–water partition coefficient (Wildman–Crippen LogP) is 3.94. The zero-order valence-electron chi connectivity index (χ0n) is 20.5. The number of anilines is 2. The van der Waals surface area contributed by atoms with E-state index in [-0.39, 0.29) is 18.4 Å². The molecule has 182 valence electrons. The highest BCUT2D eigenvalue weighted by Gasteiger charge is 2.31. The monoisotopic (exact) mass is 475 g/mol. The summed E-state index contributed by atoms with van der Waals surface area (Å²) in [4.78, 5) is 44.6. The number of amides is 3. The summed E-state index contributed by atoms with van der Waals surface area (Å²) in [7, 11) is 3.73.